The van der Waals surface area contributed by atoms with Gasteiger partial charge >= 0.3 is 0 Å². The molecule has 1 N–H and O–H groups in total. The Morgan fingerprint density at radius 2 is 2.28 bits per heavy atom. The van der Waals surface area contributed by atoms with E-state index >= 15 is 0 Å². The van der Waals surface area contributed by atoms with Crippen LogP contribution in [-0.2, 0) is 16.4 Å². The Bertz CT molecular complexity index is 507. The van der Waals surface area contributed by atoms with Gasteiger partial charge in [0.05, 0.1) is 12.6 Å². The Morgan fingerprint density at radius 3 is 2.83 bits per heavy atom. The fourth-order valence-electron chi connectivity index (χ4n) is 2.04. The zero-order valence-corrected chi connectivity index (χ0v) is 11.5. The molecule has 0 aromatic carbocycles. The van der Waals surface area contributed by atoms with Gasteiger partial charge in [-0.3, -0.25) is 0 Å². The Morgan fingerprint density at radius 1 is 1.61 bits per heavy atom. The Kier molecular flexibility index (Phi) is 3.74. The second-order valence-electron chi connectivity index (χ2n) is 4.96. The van der Waals surface area contributed by atoms with Gasteiger partial charge in [0.25, 0.3) is 0 Å². The first-order chi connectivity index (χ1) is 8.38. The Hall–Kier alpha value is -0.920. The molecule has 18 heavy (non-hydrogen) atoms. The van der Waals surface area contributed by atoms with Crippen molar-refractivity contribution in [2.24, 2.45) is 0 Å². The van der Waals surface area contributed by atoms with Crippen molar-refractivity contribution >= 4 is 9.84 Å². The third-order valence-electron chi connectivity index (χ3n) is 3.09. The van der Waals surface area contributed by atoms with Crippen molar-refractivity contribution in [3.05, 3.63) is 12.4 Å². The van der Waals surface area contributed by atoms with Crippen molar-refractivity contribution in [3.8, 4) is 0 Å². The summed E-state index contributed by atoms with van der Waals surface area (Å²) in [5.41, 5.74) is 0. The van der Waals surface area contributed by atoms with E-state index < -0.39 is 15.9 Å². The van der Waals surface area contributed by atoms with Crippen LogP contribution in [0.5, 0.6) is 0 Å². The summed E-state index contributed by atoms with van der Waals surface area (Å²) >= 11 is 0. The number of aliphatic hydroxyl groups excluding tert-OH is 1. The Labute approximate surface area is 107 Å². The van der Waals surface area contributed by atoms with E-state index in [9.17, 15) is 13.5 Å². The lowest BCUT2D eigenvalue weighted by Crippen LogP contribution is -2.33. The minimum absolute atomic E-state index is 0.00984. The van der Waals surface area contributed by atoms with E-state index in [1.807, 2.05) is 7.05 Å². The lowest BCUT2D eigenvalue weighted by Gasteiger charge is -2.20. The maximum atomic E-state index is 11.5. The van der Waals surface area contributed by atoms with Gasteiger partial charge < -0.3 is 14.6 Å². The van der Waals surface area contributed by atoms with Gasteiger partial charge in [-0.15, -0.1) is 0 Å². The zero-order chi connectivity index (χ0) is 13.3. The molecule has 0 amide bonds. The quantitative estimate of drug-likeness (QED) is 0.773. The van der Waals surface area contributed by atoms with Crippen LogP contribution in [0.3, 0.4) is 0 Å². The number of sulfone groups is 1. The molecule has 1 aromatic rings. The molecule has 0 spiro atoms. The van der Waals surface area contributed by atoms with E-state index in [4.69, 9.17) is 0 Å². The SMILES string of the molecule is CN(CC(O)Cn1ccnc1S(C)(=O)=O)C1CC1. The van der Waals surface area contributed by atoms with Crippen molar-refractivity contribution in [3.63, 3.8) is 0 Å². The molecule has 7 heteroatoms. The maximum absolute atomic E-state index is 11.5. The molecule has 102 valence electrons. The van der Waals surface area contributed by atoms with E-state index in [-0.39, 0.29) is 11.7 Å². The van der Waals surface area contributed by atoms with Crippen molar-refractivity contribution in [1.29, 1.82) is 0 Å². The third-order valence-corrected chi connectivity index (χ3v) is 4.09. The first kappa shape index (κ1) is 13.5. The zero-order valence-electron chi connectivity index (χ0n) is 10.7. The number of hydrogen-bond acceptors (Lipinski definition) is 5. The lowest BCUT2D eigenvalue weighted by molar-refractivity contribution is 0.104. The van der Waals surface area contributed by atoms with Crippen LogP contribution < -0.4 is 0 Å². The smallest absolute Gasteiger partial charge is 0.227 e. The average Bonchev–Trinajstić information content (AvgIpc) is 2.98. The molecule has 0 saturated heterocycles. The number of likely N-dealkylation sites (N-methyl/N-ethyl adjacent to an activating group) is 1. The van der Waals surface area contributed by atoms with Gasteiger partial charge in [0.1, 0.15) is 0 Å². The van der Waals surface area contributed by atoms with Crippen LogP contribution in [0.2, 0.25) is 0 Å². The van der Waals surface area contributed by atoms with Gasteiger partial charge in [0.15, 0.2) is 0 Å². The molecule has 0 bridgehead atoms. The van der Waals surface area contributed by atoms with Crippen LogP contribution in [0.15, 0.2) is 17.6 Å². The normalized spacial score (nSPS) is 18.2. The molecular weight excluding hydrogens is 254 g/mol. The molecule has 0 aliphatic heterocycles. The number of rotatable bonds is 6. The van der Waals surface area contributed by atoms with E-state index in [2.05, 4.69) is 9.88 Å². The van der Waals surface area contributed by atoms with Crippen LogP contribution >= 0.6 is 0 Å². The van der Waals surface area contributed by atoms with Gasteiger partial charge in [0.2, 0.25) is 15.0 Å². The molecular formula is C11H19N3O3S. The molecule has 1 unspecified atom stereocenters. The molecule has 1 heterocycles. The molecule has 0 radical (unpaired) electrons. The van der Waals surface area contributed by atoms with Crippen molar-refractivity contribution in [2.45, 2.75) is 36.7 Å². The molecule has 1 aliphatic rings. The first-order valence-corrected chi connectivity index (χ1v) is 7.86. The summed E-state index contributed by atoms with van der Waals surface area (Å²) in [6.07, 6.45) is 5.91. The summed E-state index contributed by atoms with van der Waals surface area (Å²) in [5, 5.41) is 9.98. The minimum atomic E-state index is -3.34. The second kappa shape index (κ2) is 4.99. The van der Waals surface area contributed by atoms with Gasteiger partial charge in [-0.2, -0.15) is 0 Å². The summed E-state index contributed by atoms with van der Waals surface area (Å²) in [7, 11) is -1.36. The van der Waals surface area contributed by atoms with E-state index in [1.54, 1.807) is 6.20 Å². The summed E-state index contributed by atoms with van der Waals surface area (Å²) in [6.45, 7) is 0.797. The molecule has 1 saturated carbocycles. The van der Waals surface area contributed by atoms with Gasteiger partial charge in [-0.05, 0) is 19.9 Å². The fourth-order valence-corrected chi connectivity index (χ4v) is 2.86. The highest BCUT2D eigenvalue weighted by atomic mass is 32.2. The number of aromatic nitrogens is 2. The predicted molar refractivity (Wildman–Crippen MR) is 67.0 cm³/mol. The van der Waals surface area contributed by atoms with Crippen molar-refractivity contribution < 1.29 is 13.5 Å². The molecule has 1 aliphatic carbocycles. The predicted octanol–water partition coefficient (Wildman–Crippen LogP) is -0.258. The summed E-state index contributed by atoms with van der Waals surface area (Å²) in [5.74, 6) is 0. The molecule has 1 atom stereocenters. The molecule has 1 aromatic heterocycles. The molecule has 6 nitrogen and oxygen atoms in total. The third kappa shape index (κ3) is 3.30. The van der Waals surface area contributed by atoms with Crippen LogP contribution in [0.25, 0.3) is 0 Å². The lowest BCUT2D eigenvalue weighted by atomic mass is 10.3. The monoisotopic (exact) mass is 273 g/mol. The first-order valence-electron chi connectivity index (χ1n) is 5.97. The van der Waals surface area contributed by atoms with Gasteiger partial charge in [-0.25, -0.2) is 13.4 Å². The summed E-state index contributed by atoms with van der Waals surface area (Å²) in [6, 6.07) is 0.580. The second-order valence-corrected chi connectivity index (χ2v) is 6.87. The van der Waals surface area contributed by atoms with Crippen molar-refractivity contribution in [1.82, 2.24) is 14.5 Å². The highest BCUT2D eigenvalue weighted by molar-refractivity contribution is 7.90. The summed E-state index contributed by atoms with van der Waals surface area (Å²) < 4.78 is 24.4. The number of aliphatic hydroxyl groups is 1. The summed E-state index contributed by atoms with van der Waals surface area (Å²) in [4.78, 5) is 5.93. The molecule has 2 rings (SSSR count). The highest BCUT2D eigenvalue weighted by Gasteiger charge is 2.27. The fraction of sp³-hybridized carbons (Fsp3) is 0.727. The van der Waals surface area contributed by atoms with Crippen LogP contribution in [0, 0.1) is 0 Å². The van der Waals surface area contributed by atoms with E-state index in [0.717, 1.165) is 6.26 Å². The topological polar surface area (TPSA) is 75.4 Å². The molecule has 1 fully saturated rings. The standard InChI is InChI=1S/C11H19N3O3S/c1-13(9-3-4-9)7-10(15)8-14-6-5-12-11(14)18(2,16)17/h5-6,9-10,15H,3-4,7-8H2,1-2H3. The van der Waals surface area contributed by atoms with Crippen LogP contribution in [0.4, 0.5) is 0 Å². The average molecular weight is 273 g/mol. The van der Waals surface area contributed by atoms with Crippen LogP contribution in [-0.4, -0.2) is 60.0 Å². The number of imidazole rings is 1. The Balaban J connectivity index is 1.98. The van der Waals surface area contributed by atoms with E-state index in [1.165, 1.54) is 23.6 Å². The van der Waals surface area contributed by atoms with Gasteiger partial charge in [0, 0.05) is 31.2 Å². The maximum Gasteiger partial charge on any atom is 0.227 e. The number of hydrogen-bond donors (Lipinski definition) is 1. The van der Waals surface area contributed by atoms with Gasteiger partial charge in [-0.1, -0.05) is 0 Å². The largest absolute Gasteiger partial charge is 0.390 e. The van der Waals surface area contributed by atoms with E-state index in [0.29, 0.717) is 12.6 Å². The number of nitrogens with zero attached hydrogens (tertiary/aromatic N) is 3. The minimum Gasteiger partial charge on any atom is -0.390 e. The highest BCUT2D eigenvalue weighted by Crippen LogP contribution is 2.25. The van der Waals surface area contributed by atoms with Crippen molar-refractivity contribution in [2.75, 3.05) is 19.8 Å². The van der Waals surface area contributed by atoms with Crippen LogP contribution in [0.1, 0.15) is 12.8 Å².